The highest BCUT2D eigenvalue weighted by molar-refractivity contribution is 5.83. The summed E-state index contributed by atoms with van der Waals surface area (Å²) in [4.78, 5) is 0. The summed E-state index contributed by atoms with van der Waals surface area (Å²) in [5.74, 6) is 6.02. The molecule has 0 amide bonds. The summed E-state index contributed by atoms with van der Waals surface area (Å²) in [6, 6.07) is 24.4. The van der Waals surface area contributed by atoms with Crippen molar-refractivity contribution in [1.82, 2.24) is 0 Å². The molecule has 0 unspecified atom stereocenters. The van der Waals surface area contributed by atoms with E-state index in [0.29, 0.717) is 0 Å². The fraction of sp³-hybridized carbons (Fsp3) is 0.143. The van der Waals surface area contributed by atoms with Gasteiger partial charge in [0.05, 0.1) is 0 Å². The van der Waals surface area contributed by atoms with Gasteiger partial charge in [-0.3, -0.25) is 0 Å². The molecule has 0 aromatic heterocycles. The van der Waals surface area contributed by atoms with Crippen LogP contribution in [-0.2, 0) is 6.42 Å². The number of aliphatic hydroxyl groups is 1. The van der Waals surface area contributed by atoms with Gasteiger partial charge in [0.25, 0.3) is 0 Å². The van der Waals surface area contributed by atoms with Crippen LogP contribution in [0, 0.1) is 11.8 Å². The van der Waals surface area contributed by atoms with Crippen molar-refractivity contribution in [3.05, 3.63) is 83.9 Å². The van der Waals surface area contributed by atoms with E-state index in [-0.39, 0.29) is 0 Å². The van der Waals surface area contributed by atoms with Crippen LogP contribution in [0.2, 0.25) is 0 Å². The molecule has 0 saturated heterocycles. The van der Waals surface area contributed by atoms with Crippen molar-refractivity contribution in [3.63, 3.8) is 0 Å². The Balaban J connectivity index is 1.66. The number of aryl methyl sites for hydroxylation is 1. The first-order chi connectivity index (χ1) is 10.8. The third-order valence-electron chi connectivity index (χ3n) is 3.71. The maximum Gasteiger partial charge on any atom is 0.140 e. The second-order valence-electron chi connectivity index (χ2n) is 5.32. The first-order valence-corrected chi connectivity index (χ1v) is 7.52. The summed E-state index contributed by atoms with van der Waals surface area (Å²) in [6.45, 7) is 0. The molecule has 0 spiro atoms. The fourth-order valence-electron chi connectivity index (χ4n) is 2.48. The van der Waals surface area contributed by atoms with Crippen LogP contribution >= 0.6 is 0 Å². The summed E-state index contributed by atoms with van der Waals surface area (Å²) >= 11 is 0. The van der Waals surface area contributed by atoms with Crippen molar-refractivity contribution in [3.8, 4) is 11.8 Å². The van der Waals surface area contributed by atoms with E-state index in [0.717, 1.165) is 23.8 Å². The topological polar surface area (TPSA) is 20.2 Å². The standard InChI is InChI=1S/C21H18O/c22-21(13-7-4-10-17-8-2-1-3-9-17)20-15-14-18-11-5-6-12-19(18)16-20/h1-3,5-6,8-9,11-12,14-16,21-22H,4,10H2/t21-/m0/s1. The highest BCUT2D eigenvalue weighted by atomic mass is 16.3. The van der Waals surface area contributed by atoms with E-state index in [9.17, 15) is 5.11 Å². The molecule has 0 aliphatic carbocycles. The molecule has 3 aromatic rings. The average Bonchev–Trinajstić information content (AvgIpc) is 2.59. The van der Waals surface area contributed by atoms with E-state index >= 15 is 0 Å². The van der Waals surface area contributed by atoms with Gasteiger partial charge in [-0.15, -0.1) is 0 Å². The van der Waals surface area contributed by atoms with E-state index in [1.54, 1.807) is 0 Å². The third kappa shape index (κ3) is 3.55. The van der Waals surface area contributed by atoms with Gasteiger partial charge in [0.15, 0.2) is 0 Å². The molecule has 22 heavy (non-hydrogen) atoms. The summed E-state index contributed by atoms with van der Waals surface area (Å²) < 4.78 is 0. The number of hydrogen-bond donors (Lipinski definition) is 1. The van der Waals surface area contributed by atoms with Gasteiger partial charge in [0, 0.05) is 6.42 Å². The molecule has 0 radical (unpaired) electrons. The van der Waals surface area contributed by atoms with E-state index < -0.39 is 6.10 Å². The molecule has 0 heterocycles. The van der Waals surface area contributed by atoms with Gasteiger partial charge in [0.2, 0.25) is 0 Å². The molecule has 0 aliphatic rings. The smallest absolute Gasteiger partial charge is 0.140 e. The van der Waals surface area contributed by atoms with Gasteiger partial charge in [-0.2, -0.15) is 0 Å². The predicted molar refractivity (Wildman–Crippen MR) is 91.4 cm³/mol. The average molecular weight is 286 g/mol. The van der Waals surface area contributed by atoms with Crippen molar-refractivity contribution in [2.24, 2.45) is 0 Å². The highest BCUT2D eigenvalue weighted by Crippen LogP contribution is 2.20. The summed E-state index contributed by atoms with van der Waals surface area (Å²) in [6.07, 6.45) is 0.952. The van der Waals surface area contributed by atoms with Crippen LogP contribution in [0.5, 0.6) is 0 Å². The van der Waals surface area contributed by atoms with Crippen molar-refractivity contribution < 1.29 is 5.11 Å². The normalized spacial score (nSPS) is 11.7. The Morgan fingerprint density at radius 3 is 2.36 bits per heavy atom. The lowest BCUT2D eigenvalue weighted by Crippen LogP contribution is -1.93. The monoisotopic (exact) mass is 286 g/mol. The molecule has 0 saturated carbocycles. The summed E-state index contributed by atoms with van der Waals surface area (Å²) in [5, 5.41) is 12.5. The maximum atomic E-state index is 10.2. The number of hydrogen-bond acceptors (Lipinski definition) is 1. The van der Waals surface area contributed by atoms with Gasteiger partial charge in [0.1, 0.15) is 6.10 Å². The zero-order chi connectivity index (χ0) is 15.2. The third-order valence-corrected chi connectivity index (χ3v) is 3.71. The Hall–Kier alpha value is -2.56. The van der Waals surface area contributed by atoms with Crippen LogP contribution in [0.4, 0.5) is 0 Å². The summed E-state index contributed by atoms with van der Waals surface area (Å²) in [5.41, 5.74) is 2.13. The maximum absolute atomic E-state index is 10.2. The molecule has 3 rings (SSSR count). The number of fused-ring (bicyclic) bond motifs is 1. The first kappa shape index (κ1) is 14.4. The Labute approximate surface area is 131 Å². The SMILES string of the molecule is O[C@@H](C#CCCc1ccccc1)c1ccc2ccccc2c1. The molecule has 1 N–H and O–H groups in total. The summed E-state index contributed by atoms with van der Waals surface area (Å²) in [7, 11) is 0. The molecule has 1 heteroatoms. The Bertz CT molecular complexity index is 809. The Kier molecular flexibility index (Phi) is 4.53. The molecule has 3 aromatic carbocycles. The molecule has 0 aliphatic heterocycles. The van der Waals surface area contributed by atoms with Gasteiger partial charge in [-0.1, -0.05) is 78.6 Å². The van der Waals surface area contributed by atoms with Crippen molar-refractivity contribution in [2.75, 3.05) is 0 Å². The molecule has 108 valence electrons. The lowest BCUT2D eigenvalue weighted by atomic mass is 10.0. The molecule has 0 bridgehead atoms. The Morgan fingerprint density at radius 1 is 0.818 bits per heavy atom. The molecule has 1 atom stereocenters. The first-order valence-electron chi connectivity index (χ1n) is 7.52. The number of benzene rings is 3. The van der Waals surface area contributed by atoms with Crippen molar-refractivity contribution in [1.29, 1.82) is 0 Å². The van der Waals surface area contributed by atoms with Gasteiger partial charge < -0.3 is 5.11 Å². The van der Waals surface area contributed by atoms with Crippen LogP contribution in [0.3, 0.4) is 0 Å². The van der Waals surface area contributed by atoms with Crippen molar-refractivity contribution >= 4 is 10.8 Å². The van der Waals surface area contributed by atoms with Crippen LogP contribution in [-0.4, -0.2) is 5.11 Å². The van der Waals surface area contributed by atoms with Crippen LogP contribution in [0.1, 0.15) is 23.7 Å². The lowest BCUT2D eigenvalue weighted by molar-refractivity contribution is 0.238. The number of aliphatic hydroxyl groups excluding tert-OH is 1. The van der Waals surface area contributed by atoms with E-state index in [1.807, 2.05) is 54.6 Å². The van der Waals surface area contributed by atoms with E-state index in [1.165, 1.54) is 10.9 Å². The van der Waals surface area contributed by atoms with Crippen LogP contribution in [0.15, 0.2) is 72.8 Å². The molecule has 1 nitrogen and oxygen atoms in total. The number of rotatable bonds is 3. The molecule has 0 fully saturated rings. The minimum atomic E-state index is -0.722. The van der Waals surface area contributed by atoms with Gasteiger partial charge >= 0.3 is 0 Å². The zero-order valence-electron chi connectivity index (χ0n) is 12.4. The van der Waals surface area contributed by atoms with Gasteiger partial charge in [-0.05, 0) is 34.4 Å². The van der Waals surface area contributed by atoms with Crippen molar-refractivity contribution in [2.45, 2.75) is 18.9 Å². The lowest BCUT2D eigenvalue weighted by Gasteiger charge is -2.05. The van der Waals surface area contributed by atoms with Gasteiger partial charge in [-0.25, -0.2) is 0 Å². The van der Waals surface area contributed by atoms with E-state index in [4.69, 9.17) is 0 Å². The largest absolute Gasteiger partial charge is 0.376 e. The second-order valence-corrected chi connectivity index (χ2v) is 5.32. The highest BCUT2D eigenvalue weighted by Gasteiger charge is 2.04. The second kappa shape index (κ2) is 6.93. The zero-order valence-corrected chi connectivity index (χ0v) is 12.4. The molecular formula is C21H18O. The van der Waals surface area contributed by atoms with Crippen LogP contribution < -0.4 is 0 Å². The van der Waals surface area contributed by atoms with Crippen LogP contribution in [0.25, 0.3) is 10.8 Å². The fourth-order valence-corrected chi connectivity index (χ4v) is 2.48. The minimum absolute atomic E-state index is 0.722. The minimum Gasteiger partial charge on any atom is -0.376 e. The quantitative estimate of drug-likeness (QED) is 0.702. The molecular weight excluding hydrogens is 268 g/mol. The Morgan fingerprint density at radius 2 is 1.55 bits per heavy atom. The van der Waals surface area contributed by atoms with E-state index in [2.05, 4.69) is 30.0 Å². The predicted octanol–water partition coefficient (Wildman–Crippen LogP) is 4.51.